The summed E-state index contributed by atoms with van der Waals surface area (Å²) in [5.74, 6) is 0.0300. The fourth-order valence-corrected chi connectivity index (χ4v) is 4.29. The van der Waals surface area contributed by atoms with Gasteiger partial charge in [-0.3, -0.25) is 14.6 Å². The summed E-state index contributed by atoms with van der Waals surface area (Å²) in [5.41, 5.74) is 2.22. The molecule has 0 spiro atoms. The highest BCUT2D eigenvalue weighted by Crippen LogP contribution is 2.28. The summed E-state index contributed by atoms with van der Waals surface area (Å²) < 4.78 is 0. The van der Waals surface area contributed by atoms with Crippen LogP contribution in [0.4, 0.5) is 5.13 Å². The van der Waals surface area contributed by atoms with Gasteiger partial charge in [-0.25, -0.2) is 4.98 Å². The van der Waals surface area contributed by atoms with Crippen LogP contribution in [0.25, 0.3) is 0 Å². The molecule has 7 heteroatoms. The number of hydrogen-bond acceptors (Lipinski definition) is 5. The molecular weight excluding hydrogens is 356 g/mol. The Bertz CT molecular complexity index is 735. The predicted octanol–water partition coefficient (Wildman–Crippen LogP) is 3.32. The van der Waals surface area contributed by atoms with Crippen molar-refractivity contribution in [3.8, 4) is 0 Å². The van der Waals surface area contributed by atoms with Gasteiger partial charge in [0.2, 0.25) is 5.91 Å². The number of halogens is 1. The SMILES string of the molecule is CCN(C(C)=O)c1nc(CN2CCNCC2c2cccc(Cl)c2)cs1. The Labute approximate surface area is 157 Å². The maximum Gasteiger partial charge on any atom is 0.225 e. The van der Waals surface area contributed by atoms with Crippen LogP contribution in [0.3, 0.4) is 0 Å². The first-order valence-electron chi connectivity index (χ1n) is 8.51. The van der Waals surface area contributed by atoms with E-state index in [1.807, 2.05) is 25.1 Å². The van der Waals surface area contributed by atoms with E-state index in [2.05, 4.69) is 26.6 Å². The molecule has 1 saturated heterocycles. The molecule has 1 unspecified atom stereocenters. The highest BCUT2D eigenvalue weighted by Gasteiger charge is 2.25. The van der Waals surface area contributed by atoms with Crippen molar-refractivity contribution >= 4 is 34.0 Å². The number of piperazine rings is 1. The number of anilines is 1. The topological polar surface area (TPSA) is 48.5 Å². The quantitative estimate of drug-likeness (QED) is 0.867. The number of carbonyl (C=O) groups excluding carboxylic acids is 1. The second-order valence-electron chi connectivity index (χ2n) is 6.13. The van der Waals surface area contributed by atoms with Crippen LogP contribution in [0.1, 0.15) is 31.1 Å². The van der Waals surface area contributed by atoms with Gasteiger partial charge in [-0.2, -0.15) is 0 Å². The number of amides is 1. The molecule has 1 aliphatic heterocycles. The molecule has 1 aliphatic rings. The van der Waals surface area contributed by atoms with Crippen molar-refractivity contribution in [2.75, 3.05) is 31.1 Å². The van der Waals surface area contributed by atoms with Crippen molar-refractivity contribution in [2.24, 2.45) is 0 Å². The predicted molar refractivity (Wildman–Crippen MR) is 103 cm³/mol. The van der Waals surface area contributed by atoms with E-state index < -0.39 is 0 Å². The van der Waals surface area contributed by atoms with E-state index in [0.717, 1.165) is 42.0 Å². The summed E-state index contributed by atoms with van der Waals surface area (Å²) in [5, 5.41) is 7.05. The number of rotatable bonds is 5. The number of thiazole rings is 1. The Morgan fingerprint density at radius 1 is 1.52 bits per heavy atom. The molecule has 1 aromatic heterocycles. The first-order valence-corrected chi connectivity index (χ1v) is 9.77. The molecular formula is C18H23ClN4OS. The standard InChI is InChI=1S/C18H23ClN4OS/c1-3-23(13(2)24)18-21-16(12-25-18)11-22-8-7-20-10-17(22)14-5-4-6-15(19)9-14/h4-6,9,12,17,20H,3,7-8,10-11H2,1-2H3. The third kappa shape index (κ3) is 4.39. The van der Waals surface area contributed by atoms with Gasteiger partial charge < -0.3 is 5.32 Å². The molecule has 2 heterocycles. The van der Waals surface area contributed by atoms with Crippen LogP contribution >= 0.6 is 22.9 Å². The van der Waals surface area contributed by atoms with Gasteiger partial charge in [0, 0.05) is 56.1 Å². The van der Waals surface area contributed by atoms with Crippen molar-refractivity contribution < 1.29 is 4.79 Å². The number of nitrogens with zero attached hydrogens (tertiary/aromatic N) is 3. The zero-order valence-electron chi connectivity index (χ0n) is 14.5. The van der Waals surface area contributed by atoms with Crippen molar-refractivity contribution in [1.29, 1.82) is 0 Å². The number of carbonyl (C=O) groups is 1. The average Bonchev–Trinajstić information content (AvgIpc) is 3.04. The smallest absolute Gasteiger partial charge is 0.225 e. The molecule has 0 bridgehead atoms. The Balaban J connectivity index is 1.76. The third-order valence-electron chi connectivity index (χ3n) is 4.42. The van der Waals surface area contributed by atoms with Crippen molar-refractivity contribution in [2.45, 2.75) is 26.4 Å². The number of hydrogen-bond donors (Lipinski definition) is 1. The molecule has 25 heavy (non-hydrogen) atoms. The van der Waals surface area contributed by atoms with E-state index >= 15 is 0 Å². The third-order valence-corrected chi connectivity index (χ3v) is 5.57. The zero-order valence-corrected chi connectivity index (χ0v) is 16.1. The summed E-state index contributed by atoms with van der Waals surface area (Å²) in [7, 11) is 0. The number of benzene rings is 1. The molecule has 1 aromatic carbocycles. The highest BCUT2D eigenvalue weighted by atomic mass is 35.5. The maximum atomic E-state index is 11.7. The van der Waals surface area contributed by atoms with Crippen molar-refractivity contribution in [3.63, 3.8) is 0 Å². The molecule has 1 fully saturated rings. The van der Waals surface area contributed by atoms with Gasteiger partial charge in [0.25, 0.3) is 0 Å². The molecule has 3 rings (SSSR count). The Morgan fingerprint density at radius 3 is 3.08 bits per heavy atom. The van der Waals surface area contributed by atoms with E-state index in [1.165, 1.54) is 16.9 Å². The van der Waals surface area contributed by atoms with Crippen LogP contribution in [0.2, 0.25) is 5.02 Å². The van der Waals surface area contributed by atoms with Gasteiger partial charge in [0.05, 0.1) is 5.69 Å². The fraction of sp³-hybridized carbons (Fsp3) is 0.444. The monoisotopic (exact) mass is 378 g/mol. The van der Waals surface area contributed by atoms with Gasteiger partial charge >= 0.3 is 0 Å². The summed E-state index contributed by atoms with van der Waals surface area (Å²) in [4.78, 5) is 20.5. The maximum absolute atomic E-state index is 11.7. The normalized spacial score (nSPS) is 18.3. The minimum Gasteiger partial charge on any atom is -0.314 e. The lowest BCUT2D eigenvalue weighted by Crippen LogP contribution is -2.45. The lowest BCUT2D eigenvalue weighted by molar-refractivity contribution is -0.116. The molecule has 1 atom stereocenters. The molecule has 0 saturated carbocycles. The van der Waals surface area contributed by atoms with E-state index in [0.29, 0.717) is 6.54 Å². The van der Waals surface area contributed by atoms with Gasteiger partial charge in [-0.05, 0) is 24.6 Å². The van der Waals surface area contributed by atoms with Crippen LogP contribution in [0.5, 0.6) is 0 Å². The summed E-state index contributed by atoms with van der Waals surface area (Å²) in [6.07, 6.45) is 0. The van der Waals surface area contributed by atoms with E-state index in [1.54, 1.807) is 11.8 Å². The molecule has 0 radical (unpaired) electrons. The largest absolute Gasteiger partial charge is 0.314 e. The molecule has 1 N–H and O–H groups in total. The molecule has 0 aliphatic carbocycles. The van der Waals surface area contributed by atoms with E-state index in [-0.39, 0.29) is 11.9 Å². The van der Waals surface area contributed by atoms with Crippen LogP contribution < -0.4 is 10.2 Å². The second kappa shape index (κ2) is 8.27. The lowest BCUT2D eigenvalue weighted by Gasteiger charge is -2.36. The Kier molecular flexibility index (Phi) is 6.06. The molecule has 1 amide bonds. The van der Waals surface area contributed by atoms with E-state index in [4.69, 9.17) is 11.6 Å². The van der Waals surface area contributed by atoms with Gasteiger partial charge in [-0.1, -0.05) is 23.7 Å². The highest BCUT2D eigenvalue weighted by molar-refractivity contribution is 7.14. The second-order valence-corrected chi connectivity index (χ2v) is 7.40. The van der Waals surface area contributed by atoms with Crippen LogP contribution in [0.15, 0.2) is 29.6 Å². The zero-order chi connectivity index (χ0) is 17.8. The lowest BCUT2D eigenvalue weighted by atomic mass is 10.0. The average molecular weight is 379 g/mol. The van der Waals surface area contributed by atoms with Gasteiger partial charge in [0.15, 0.2) is 5.13 Å². The van der Waals surface area contributed by atoms with Crippen molar-refractivity contribution in [1.82, 2.24) is 15.2 Å². The van der Waals surface area contributed by atoms with Crippen LogP contribution in [-0.2, 0) is 11.3 Å². The molecule has 2 aromatic rings. The first kappa shape index (κ1) is 18.3. The summed E-state index contributed by atoms with van der Waals surface area (Å²) >= 11 is 7.70. The first-order chi connectivity index (χ1) is 12.1. The van der Waals surface area contributed by atoms with Gasteiger partial charge in [-0.15, -0.1) is 11.3 Å². The minimum atomic E-state index is 0.0300. The molecule has 134 valence electrons. The van der Waals surface area contributed by atoms with Crippen LogP contribution in [-0.4, -0.2) is 42.0 Å². The molecule has 5 nitrogen and oxygen atoms in total. The Morgan fingerprint density at radius 2 is 2.36 bits per heavy atom. The minimum absolute atomic E-state index is 0.0300. The van der Waals surface area contributed by atoms with Crippen LogP contribution in [0, 0.1) is 0 Å². The van der Waals surface area contributed by atoms with E-state index in [9.17, 15) is 4.79 Å². The van der Waals surface area contributed by atoms with Gasteiger partial charge in [0.1, 0.15) is 0 Å². The summed E-state index contributed by atoms with van der Waals surface area (Å²) in [6.45, 7) is 7.76. The summed E-state index contributed by atoms with van der Waals surface area (Å²) in [6, 6.07) is 8.33. The fourth-order valence-electron chi connectivity index (χ4n) is 3.17. The Hall–Kier alpha value is -1.47. The van der Waals surface area contributed by atoms with Crippen molar-refractivity contribution in [3.05, 3.63) is 45.9 Å². The number of nitrogens with one attached hydrogen (secondary N) is 1. The number of aromatic nitrogens is 1.